The monoisotopic (exact) mass is 439 g/mol. The van der Waals surface area contributed by atoms with Gasteiger partial charge in [-0.25, -0.2) is 8.78 Å². The van der Waals surface area contributed by atoms with Crippen LogP contribution in [0, 0.1) is 11.6 Å². The second-order valence-electron chi connectivity index (χ2n) is 7.71. The molecule has 0 bridgehead atoms. The molecule has 3 N–H and O–H groups in total. The number of rotatable bonds is 6. The fraction of sp³-hybridized carbons (Fsp3) is 0.261. The largest absolute Gasteiger partial charge is 0.348 e. The van der Waals surface area contributed by atoms with Gasteiger partial charge in [-0.1, -0.05) is 36.4 Å². The number of carbonyl (C=O) groups is 2. The molecule has 0 spiro atoms. The van der Waals surface area contributed by atoms with Gasteiger partial charge in [0.1, 0.15) is 17.2 Å². The number of anilines is 1. The van der Waals surface area contributed by atoms with E-state index in [2.05, 4.69) is 37.9 Å². The molecule has 0 unspecified atom stereocenters. The number of carbonyl (C=O) groups excluding carboxylic acids is 2. The first-order valence-corrected chi connectivity index (χ1v) is 10.4. The molecule has 1 aliphatic heterocycles. The van der Waals surface area contributed by atoms with Crippen LogP contribution in [-0.4, -0.2) is 46.0 Å². The standard InChI is InChI=1S/C23H23F2N5O2/c24-17-7-4-8-18(25)20(17)22(31)28-19-13-26-29-21(19)23(32)27-16-9-11-30(12-10-16)14-15-5-2-1-3-6-15/h1-8,13,16H,9-12,14H2,(H,26,29)(H,27,32)(H,28,31). The van der Waals surface area contributed by atoms with Crippen LogP contribution in [0.25, 0.3) is 0 Å². The van der Waals surface area contributed by atoms with Gasteiger partial charge in [0.2, 0.25) is 0 Å². The number of H-pyrrole nitrogens is 1. The van der Waals surface area contributed by atoms with Gasteiger partial charge in [0.05, 0.1) is 5.69 Å². The maximum absolute atomic E-state index is 13.9. The number of nitrogens with zero attached hydrogens (tertiary/aromatic N) is 2. The molecule has 1 saturated heterocycles. The SMILES string of the molecule is O=C(NC1CCN(Cc2ccccc2)CC1)c1n[nH]cc1NC(=O)c1c(F)cccc1F. The normalized spacial score (nSPS) is 14.8. The third-order valence-corrected chi connectivity index (χ3v) is 5.47. The van der Waals surface area contributed by atoms with E-state index in [0.29, 0.717) is 0 Å². The Morgan fingerprint density at radius 2 is 1.69 bits per heavy atom. The van der Waals surface area contributed by atoms with Crippen molar-refractivity contribution in [2.45, 2.75) is 25.4 Å². The molecular formula is C23H23F2N5O2. The summed E-state index contributed by atoms with van der Waals surface area (Å²) in [7, 11) is 0. The molecule has 0 aliphatic carbocycles. The van der Waals surface area contributed by atoms with Crippen LogP contribution < -0.4 is 10.6 Å². The maximum Gasteiger partial charge on any atom is 0.274 e. The zero-order chi connectivity index (χ0) is 22.5. The summed E-state index contributed by atoms with van der Waals surface area (Å²) in [6.45, 7) is 2.55. The molecule has 166 valence electrons. The van der Waals surface area contributed by atoms with Gasteiger partial charge in [-0.15, -0.1) is 0 Å². The molecular weight excluding hydrogens is 416 g/mol. The van der Waals surface area contributed by atoms with E-state index in [9.17, 15) is 18.4 Å². The number of benzene rings is 2. The van der Waals surface area contributed by atoms with E-state index in [1.54, 1.807) is 0 Å². The van der Waals surface area contributed by atoms with E-state index in [1.807, 2.05) is 18.2 Å². The molecule has 4 rings (SSSR count). The van der Waals surface area contributed by atoms with Crippen molar-refractivity contribution in [2.75, 3.05) is 18.4 Å². The van der Waals surface area contributed by atoms with Crippen molar-refractivity contribution in [3.8, 4) is 0 Å². The Labute approximate surface area is 183 Å². The summed E-state index contributed by atoms with van der Waals surface area (Å²) in [6.07, 6.45) is 2.87. The molecule has 3 aromatic rings. The first-order chi connectivity index (χ1) is 15.5. The Bertz CT molecular complexity index is 1070. The lowest BCUT2D eigenvalue weighted by atomic mass is 10.0. The summed E-state index contributed by atoms with van der Waals surface area (Å²) >= 11 is 0. The Morgan fingerprint density at radius 3 is 2.38 bits per heavy atom. The van der Waals surface area contributed by atoms with Gasteiger partial charge >= 0.3 is 0 Å². The van der Waals surface area contributed by atoms with E-state index in [1.165, 1.54) is 17.8 Å². The van der Waals surface area contributed by atoms with Crippen molar-refractivity contribution in [1.29, 1.82) is 0 Å². The molecule has 0 atom stereocenters. The van der Waals surface area contributed by atoms with Gasteiger partial charge in [-0.3, -0.25) is 19.6 Å². The average molecular weight is 439 g/mol. The lowest BCUT2D eigenvalue weighted by molar-refractivity contribution is 0.0904. The van der Waals surface area contributed by atoms with Gasteiger partial charge in [-0.05, 0) is 30.5 Å². The van der Waals surface area contributed by atoms with Crippen LogP contribution in [0.4, 0.5) is 14.5 Å². The highest BCUT2D eigenvalue weighted by molar-refractivity contribution is 6.08. The number of hydrogen-bond acceptors (Lipinski definition) is 4. The van der Waals surface area contributed by atoms with Crippen LogP contribution >= 0.6 is 0 Å². The zero-order valence-electron chi connectivity index (χ0n) is 17.3. The number of piperidine rings is 1. The Balaban J connectivity index is 1.33. The van der Waals surface area contributed by atoms with Crippen molar-refractivity contribution in [3.63, 3.8) is 0 Å². The number of nitrogens with one attached hydrogen (secondary N) is 3. The van der Waals surface area contributed by atoms with E-state index >= 15 is 0 Å². The molecule has 1 fully saturated rings. The molecule has 0 radical (unpaired) electrons. The lowest BCUT2D eigenvalue weighted by Crippen LogP contribution is -2.44. The van der Waals surface area contributed by atoms with Crippen molar-refractivity contribution in [2.24, 2.45) is 0 Å². The van der Waals surface area contributed by atoms with Crippen molar-refractivity contribution >= 4 is 17.5 Å². The summed E-state index contributed by atoms with van der Waals surface area (Å²) in [6, 6.07) is 13.3. The third-order valence-electron chi connectivity index (χ3n) is 5.47. The first kappa shape index (κ1) is 21.6. The Kier molecular flexibility index (Phi) is 6.55. The average Bonchev–Trinajstić information content (AvgIpc) is 3.24. The number of aromatic amines is 1. The Hall–Kier alpha value is -3.59. The topological polar surface area (TPSA) is 90.1 Å². The number of likely N-dealkylation sites (tertiary alicyclic amines) is 1. The number of hydrogen-bond donors (Lipinski definition) is 3. The van der Waals surface area contributed by atoms with Gasteiger partial charge < -0.3 is 10.6 Å². The smallest absolute Gasteiger partial charge is 0.274 e. The number of aromatic nitrogens is 2. The van der Waals surface area contributed by atoms with Crippen molar-refractivity contribution < 1.29 is 18.4 Å². The second-order valence-corrected chi connectivity index (χ2v) is 7.71. The summed E-state index contributed by atoms with van der Waals surface area (Å²) in [5.74, 6) is -3.43. The minimum atomic E-state index is -0.995. The molecule has 32 heavy (non-hydrogen) atoms. The van der Waals surface area contributed by atoms with E-state index in [0.717, 1.165) is 44.6 Å². The summed E-state index contributed by atoms with van der Waals surface area (Å²) in [5.41, 5.74) is 0.544. The predicted octanol–water partition coefficient (Wildman–Crippen LogP) is 3.33. The summed E-state index contributed by atoms with van der Waals surface area (Å²) in [4.78, 5) is 27.4. The summed E-state index contributed by atoms with van der Waals surface area (Å²) < 4.78 is 27.7. The fourth-order valence-corrected chi connectivity index (χ4v) is 3.79. The number of halogens is 2. The van der Waals surface area contributed by atoms with E-state index in [-0.39, 0.29) is 17.4 Å². The molecule has 2 heterocycles. The minimum Gasteiger partial charge on any atom is -0.348 e. The van der Waals surface area contributed by atoms with Gasteiger partial charge in [-0.2, -0.15) is 5.10 Å². The minimum absolute atomic E-state index is 0.0289. The second kappa shape index (κ2) is 9.69. The third kappa shape index (κ3) is 5.00. The van der Waals surface area contributed by atoms with Crippen LogP contribution in [0.3, 0.4) is 0 Å². The lowest BCUT2D eigenvalue weighted by Gasteiger charge is -2.32. The van der Waals surface area contributed by atoms with Crippen molar-refractivity contribution in [1.82, 2.24) is 20.4 Å². The van der Waals surface area contributed by atoms with Crippen LogP contribution in [-0.2, 0) is 6.54 Å². The molecule has 0 saturated carbocycles. The fourth-order valence-electron chi connectivity index (χ4n) is 3.79. The first-order valence-electron chi connectivity index (χ1n) is 10.4. The van der Waals surface area contributed by atoms with Gasteiger partial charge in [0.25, 0.3) is 11.8 Å². The van der Waals surface area contributed by atoms with Crippen molar-refractivity contribution in [3.05, 3.63) is 83.2 Å². The quantitative estimate of drug-likeness (QED) is 0.550. The van der Waals surface area contributed by atoms with Gasteiger partial charge in [0, 0.05) is 31.9 Å². The molecule has 9 heteroatoms. The van der Waals surface area contributed by atoms with Crippen LogP contribution in [0.1, 0.15) is 39.3 Å². The molecule has 2 amide bonds. The van der Waals surface area contributed by atoms with Gasteiger partial charge in [0.15, 0.2) is 5.69 Å². The molecule has 2 aromatic carbocycles. The Morgan fingerprint density at radius 1 is 1.00 bits per heavy atom. The van der Waals surface area contributed by atoms with E-state index in [4.69, 9.17) is 0 Å². The maximum atomic E-state index is 13.9. The highest BCUT2D eigenvalue weighted by Crippen LogP contribution is 2.19. The van der Waals surface area contributed by atoms with E-state index < -0.39 is 29.0 Å². The zero-order valence-corrected chi connectivity index (χ0v) is 17.3. The van der Waals surface area contributed by atoms with Crippen LogP contribution in [0.2, 0.25) is 0 Å². The predicted molar refractivity (Wildman–Crippen MR) is 115 cm³/mol. The highest BCUT2D eigenvalue weighted by atomic mass is 19.1. The molecule has 1 aliphatic rings. The highest BCUT2D eigenvalue weighted by Gasteiger charge is 2.25. The summed E-state index contributed by atoms with van der Waals surface area (Å²) in [5, 5.41) is 11.7. The number of amides is 2. The van der Waals surface area contributed by atoms with Crippen LogP contribution in [0.5, 0.6) is 0 Å². The molecule has 1 aromatic heterocycles. The van der Waals surface area contributed by atoms with Crippen LogP contribution in [0.15, 0.2) is 54.7 Å². The molecule has 7 nitrogen and oxygen atoms in total.